The molecule has 0 saturated carbocycles. The number of likely N-dealkylation sites (N-methyl/N-ethyl adjacent to an activating group) is 1. The van der Waals surface area contributed by atoms with E-state index >= 15 is 0 Å². The van der Waals surface area contributed by atoms with Crippen molar-refractivity contribution in [3.63, 3.8) is 0 Å². The van der Waals surface area contributed by atoms with Crippen LogP contribution in [0.15, 0.2) is 65.0 Å². The maximum absolute atomic E-state index is 11.1. The van der Waals surface area contributed by atoms with E-state index in [2.05, 4.69) is 42.8 Å². The van der Waals surface area contributed by atoms with Crippen LogP contribution in [-0.4, -0.2) is 65.8 Å². The second kappa shape index (κ2) is 12.3. The van der Waals surface area contributed by atoms with Crippen LogP contribution in [0.3, 0.4) is 0 Å². The Kier molecular flexibility index (Phi) is 9.15. The molecule has 1 saturated heterocycles. The quantitative estimate of drug-likeness (QED) is 0.341. The van der Waals surface area contributed by atoms with Gasteiger partial charge in [-0.15, -0.1) is 0 Å². The highest BCUT2D eigenvalue weighted by Gasteiger charge is 2.32. The molecule has 0 bridgehead atoms. The van der Waals surface area contributed by atoms with E-state index in [1.54, 1.807) is 12.1 Å². The zero-order chi connectivity index (χ0) is 27.4. The maximum atomic E-state index is 11.1. The number of aromatic hydroxyl groups is 2. The lowest BCUT2D eigenvalue weighted by atomic mass is 9.80. The highest BCUT2D eigenvalue weighted by atomic mass is 16.5. The molecule has 4 rings (SSSR count). The van der Waals surface area contributed by atoms with Crippen molar-refractivity contribution in [2.24, 2.45) is 5.92 Å². The first kappa shape index (κ1) is 28.2. The number of phenols is 2. The number of hydrogen-bond acceptors (Lipinski definition) is 7. The van der Waals surface area contributed by atoms with E-state index in [1.165, 1.54) is 11.6 Å². The fourth-order valence-electron chi connectivity index (χ4n) is 5.33. The Balaban J connectivity index is 1.83. The van der Waals surface area contributed by atoms with Gasteiger partial charge in [-0.3, -0.25) is 10.2 Å². The summed E-state index contributed by atoms with van der Waals surface area (Å²) in [6.07, 6.45) is 6.72. The van der Waals surface area contributed by atoms with Crippen molar-refractivity contribution in [3.05, 3.63) is 76.1 Å². The second-order valence-corrected chi connectivity index (χ2v) is 10.5. The summed E-state index contributed by atoms with van der Waals surface area (Å²) in [6.45, 7) is 17.2. The minimum atomic E-state index is -0.936. The van der Waals surface area contributed by atoms with Gasteiger partial charge in [-0.25, -0.2) is 0 Å². The normalized spacial score (nSPS) is 22.4. The van der Waals surface area contributed by atoms with Crippen molar-refractivity contribution >= 4 is 5.76 Å². The van der Waals surface area contributed by atoms with Gasteiger partial charge in [0.25, 0.3) is 0 Å². The Hall–Kier alpha value is -2.84. The lowest BCUT2D eigenvalue weighted by Crippen LogP contribution is -2.38. The van der Waals surface area contributed by atoms with Gasteiger partial charge in [-0.05, 0) is 54.5 Å². The van der Waals surface area contributed by atoms with Crippen molar-refractivity contribution in [2.45, 2.75) is 52.7 Å². The Morgan fingerprint density at radius 2 is 1.87 bits per heavy atom. The lowest BCUT2D eigenvalue weighted by Gasteiger charge is -2.33. The maximum Gasteiger partial charge on any atom is 0.146 e. The van der Waals surface area contributed by atoms with Gasteiger partial charge in [0.15, 0.2) is 0 Å². The van der Waals surface area contributed by atoms with E-state index in [0.717, 1.165) is 62.4 Å². The molecule has 2 aliphatic heterocycles. The lowest BCUT2D eigenvalue weighted by molar-refractivity contribution is 0.0413. The number of phenolic OH excluding ortho intramolecular Hbond substituents is 2. The third-order valence-electron chi connectivity index (χ3n) is 7.78. The van der Waals surface area contributed by atoms with Crippen LogP contribution in [0.5, 0.6) is 11.5 Å². The molecular weight excluding hydrogens is 480 g/mol. The summed E-state index contributed by atoms with van der Waals surface area (Å²) in [5.41, 5.74) is 4.99. The molecule has 0 amide bonds. The molecule has 38 heavy (non-hydrogen) atoms. The number of morpholine rings is 1. The molecule has 1 aromatic rings. The molecule has 3 atom stereocenters. The van der Waals surface area contributed by atoms with E-state index in [1.807, 2.05) is 13.8 Å². The van der Waals surface area contributed by atoms with Crippen LogP contribution >= 0.6 is 0 Å². The molecule has 3 unspecified atom stereocenters. The average Bonchev–Trinajstić information content (AvgIpc) is 2.90. The summed E-state index contributed by atoms with van der Waals surface area (Å²) in [4.78, 5) is 2.42. The number of nitrogens with one attached hydrogen (secondary N) is 1. The molecule has 3 aliphatic rings. The van der Waals surface area contributed by atoms with Gasteiger partial charge < -0.3 is 24.8 Å². The molecule has 0 radical (unpaired) electrons. The molecule has 206 valence electrons. The number of allylic oxidation sites excluding steroid dienone is 4. The topological polar surface area (TPSA) is 94.4 Å². The van der Waals surface area contributed by atoms with E-state index in [0.29, 0.717) is 35.1 Å². The standard InChI is InChI=1S/C31H42N2O5/c1-6-19(3)24-16-25(28(35)17-27(24)34)30-29(26(15-21(5)38-30)31(36)32-7-2)22-8-9-23(20(4)14-22)18-33-10-12-37-13-11-33/h8-9,15-17,19-20,31-32,34-36H,5-7,10-14,18H2,1-4H3. The minimum absolute atomic E-state index is 0.0574. The predicted octanol–water partition coefficient (Wildman–Crippen LogP) is 4.95. The Labute approximate surface area is 226 Å². The van der Waals surface area contributed by atoms with Crippen LogP contribution in [0.25, 0.3) is 5.76 Å². The van der Waals surface area contributed by atoms with Crippen molar-refractivity contribution in [1.82, 2.24) is 10.2 Å². The summed E-state index contributed by atoms with van der Waals surface area (Å²) in [5, 5.41) is 35.8. The van der Waals surface area contributed by atoms with E-state index in [4.69, 9.17) is 9.47 Å². The van der Waals surface area contributed by atoms with E-state index < -0.39 is 6.23 Å². The highest BCUT2D eigenvalue weighted by molar-refractivity contribution is 5.80. The first-order valence-corrected chi connectivity index (χ1v) is 13.7. The Morgan fingerprint density at radius 1 is 1.13 bits per heavy atom. The highest BCUT2D eigenvalue weighted by Crippen LogP contribution is 2.45. The SMILES string of the molecule is C=C1C=C(C(O)NCC)C(C2=CC=C(CN3CCOCC3)C(C)C2)=C(c2cc(C(C)CC)c(O)cc2O)O1. The van der Waals surface area contributed by atoms with Gasteiger partial charge in [0.05, 0.1) is 18.8 Å². The number of aliphatic hydroxyl groups is 1. The molecule has 4 N–H and O–H groups in total. The first-order chi connectivity index (χ1) is 18.2. The molecule has 1 fully saturated rings. The van der Waals surface area contributed by atoms with E-state index in [-0.39, 0.29) is 17.4 Å². The molecule has 2 heterocycles. The Morgan fingerprint density at radius 3 is 2.53 bits per heavy atom. The monoisotopic (exact) mass is 522 g/mol. The summed E-state index contributed by atoms with van der Waals surface area (Å²) in [6, 6.07) is 3.18. The molecule has 1 aromatic carbocycles. The van der Waals surface area contributed by atoms with Gasteiger partial charge in [-0.2, -0.15) is 0 Å². The molecule has 7 nitrogen and oxygen atoms in total. The first-order valence-electron chi connectivity index (χ1n) is 13.7. The zero-order valence-corrected chi connectivity index (χ0v) is 23.1. The minimum Gasteiger partial charge on any atom is -0.508 e. The summed E-state index contributed by atoms with van der Waals surface area (Å²) in [7, 11) is 0. The van der Waals surface area contributed by atoms with Crippen molar-refractivity contribution in [2.75, 3.05) is 39.4 Å². The predicted molar refractivity (Wildman–Crippen MR) is 151 cm³/mol. The van der Waals surface area contributed by atoms with Crippen LogP contribution < -0.4 is 5.32 Å². The third kappa shape index (κ3) is 6.07. The molecule has 7 heteroatoms. The van der Waals surface area contributed by atoms with Crippen LogP contribution in [0.2, 0.25) is 0 Å². The third-order valence-corrected chi connectivity index (χ3v) is 7.78. The van der Waals surface area contributed by atoms with Gasteiger partial charge in [0, 0.05) is 36.8 Å². The number of aliphatic hydroxyl groups excluding tert-OH is 1. The number of nitrogens with zero attached hydrogens (tertiary/aromatic N) is 1. The number of benzene rings is 1. The Bertz CT molecular complexity index is 1170. The zero-order valence-electron chi connectivity index (χ0n) is 23.1. The van der Waals surface area contributed by atoms with E-state index in [9.17, 15) is 15.3 Å². The van der Waals surface area contributed by atoms with Crippen LogP contribution in [0, 0.1) is 5.92 Å². The summed E-state index contributed by atoms with van der Waals surface area (Å²) >= 11 is 0. The molecular formula is C31H42N2O5. The molecule has 0 spiro atoms. The van der Waals surface area contributed by atoms with Crippen LogP contribution in [0.4, 0.5) is 0 Å². The fraction of sp³-hybridized carbons (Fsp3) is 0.484. The van der Waals surface area contributed by atoms with Crippen molar-refractivity contribution in [3.8, 4) is 11.5 Å². The van der Waals surface area contributed by atoms with Gasteiger partial charge in [0.1, 0.15) is 29.2 Å². The number of ether oxygens (including phenoxy) is 2. The summed E-state index contributed by atoms with van der Waals surface area (Å²) < 4.78 is 11.7. The number of rotatable bonds is 9. The molecule has 0 aromatic heterocycles. The second-order valence-electron chi connectivity index (χ2n) is 10.5. The van der Waals surface area contributed by atoms with Gasteiger partial charge in [-0.1, -0.05) is 52.0 Å². The van der Waals surface area contributed by atoms with Crippen molar-refractivity contribution in [1.29, 1.82) is 0 Å². The number of hydrogen-bond donors (Lipinski definition) is 4. The summed E-state index contributed by atoms with van der Waals surface area (Å²) in [5.74, 6) is 1.17. The fourth-order valence-corrected chi connectivity index (χ4v) is 5.33. The van der Waals surface area contributed by atoms with Crippen molar-refractivity contribution < 1.29 is 24.8 Å². The van der Waals surface area contributed by atoms with Crippen LogP contribution in [0.1, 0.15) is 57.6 Å². The molecule has 1 aliphatic carbocycles. The van der Waals surface area contributed by atoms with Gasteiger partial charge >= 0.3 is 0 Å². The largest absolute Gasteiger partial charge is 0.508 e. The average molecular weight is 523 g/mol. The van der Waals surface area contributed by atoms with Crippen LogP contribution in [-0.2, 0) is 9.47 Å². The van der Waals surface area contributed by atoms with Gasteiger partial charge in [0.2, 0.25) is 0 Å². The smallest absolute Gasteiger partial charge is 0.146 e.